The highest BCUT2D eigenvalue weighted by atomic mass is 35.5. The third-order valence-corrected chi connectivity index (χ3v) is 5.44. The van der Waals surface area contributed by atoms with Crippen molar-refractivity contribution in [3.63, 3.8) is 0 Å². The number of halogens is 2. The molecule has 2 N–H and O–H groups in total. The quantitative estimate of drug-likeness (QED) is 0.681. The largest absolute Gasteiger partial charge is 0.350 e. The Hall–Kier alpha value is -2.08. The molecular weight excluding hydrogens is 379 g/mol. The molecule has 0 bridgehead atoms. The number of fused-ring (bicyclic) bond motifs is 1. The number of hydrogen-bond acceptors (Lipinski definition) is 3. The third-order valence-electron chi connectivity index (χ3n) is 3.53. The van der Waals surface area contributed by atoms with Gasteiger partial charge in [-0.25, -0.2) is 0 Å². The normalized spacial score (nSPS) is 10.6. The summed E-state index contributed by atoms with van der Waals surface area (Å²) in [5.41, 5.74) is 0.889. The first-order valence-electron chi connectivity index (χ1n) is 7.51. The van der Waals surface area contributed by atoms with Crippen LogP contribution in [-0.2, 0) is 11.3 Å². The molecule has 0 fully saturated rings. The average molecular weight is 393 g/mol. The van der Waals surface area contributed by atoms with E-state index in [1.165, 1.54) is 11.3 Å². The average Bonchev–Trinajstić information content (AvgIpc) is 2.95. The van der Waals surface area contributed by atoms with E-state index in [9.17, 15) is 9.59 Å². The topological polar surface area (TPSA) is 58.2 Å². The van der Waals surface area contributed by atoms with Crippen molar-refractivity contribution in [3.05, 3.63) is 69.0 Å². The van der Waals surface area contributed by atoms with Crippen molar-refractivity contribution in [3.8, 4) is 0 Å². The monoisotopic (exact) mass is 392 g/mol. The summed E-state index contributed by atoms with van der Waals surface area (Å²) in [7, 11) is 0. The Morgan fingerprint density at radius 1 is 1.00 bits per heavy atom. The second-order valence-electron chi connectivity index (χ2n) is 5.33. The molecule has 0 atom stereocenters. The smallest absolute Gasteiger partial charge is 0.263 e. The van der Waals surface area contributed by atoms with Crippen LogP contribution in [0.15, 0.2) is 48.5 Å². The summed E-state index contributed by atoms with van der Waals surface area (Å²) in [5.74, 6) is -0.644. The Bertz CT molecular complexity index is 940. The molecule has 3 aromatic rings. The van der Waals surface area contributed by atoms with Crippen molar-refractivity contribution >= 4 is 56.4 Å². The zero-order valence-electron chi connectivity index (χ0n) is 13.0. The van der Waals surface area contributed by atoms with E-state index in [0.717, 1.165) is 15.6 Å². The Morgan fingerprint density at radius 3 is 2.56 bits per heavy atom. The van der Waals surface area contributed by atoms with Crippen LogP contribution in [0, 0.1) is 0 Å². The van der Waals surface area contributed by atoms with E-state index in [2.05, 4.69) is 10.6 Å². The van der Waals surface area contributed by atoms with Crippen LogP contribution in [0.3, 0.4) is 0 Å². The molecule has 2 amide bonds. The maximum atomic E-state index is 12.3. The number of benzene rings is 2. The van der Waals surface area contributed by atoms with Gasteiger partial charge in [-0.2, -0.15) is 0 Å². The highest BCUT2D eigenvalue weighted by Crippen LogP contribution is 2.34. The minimum atomic E-state index is -0.357. The van der Waals surface area contributed by atoms with Crippen molar-refractivity contribution < 1.29 is 9.59 Å². The van der Waals surface area contributed by atoms with Crippen LogP contribution in [-0.4, -0.2) is 18.4 Å². The van der Waals surface area contributed by atoms with E-state index in [-0.39, 0.29) is 18.4 Å². The Morgan fingerprint density at radius 2 is 1.80 bits per heavy atom. The second-order valence-corrected chi connectivity index (χ2v) is 7.20. The number of nitrogens with one attached hydrogen (secondary N) is 2. The van der Waals surface area contributed by atoms with E-state index < -0.39 is 0 Å². The van der Waals surface area contributed by atoms with E-state index >= 15 is 0 Å². The van der Waals surface area contributed by atoms with E-state index in [0.29, 0.717) is 21.5 Å². The Kier molecular flexibility index (Phi) is 5.58. The molecule has 25 heavy (non-hydrogen) atoms. The minimum absolute atomic E-state index is 0.121. The van der Waals surface area contributed by atoms with Gasteiger partial charge in [-0.1, -0.05) is 53.5 Å². The molecule has 128 valence electrons. The molecule has 0 saturated carbocycles. The van der Waals surface area contributed by atoms with Crippen LogP contribution >= 0.6 is 34.5 Å². The summed E-state index contributed by atoms with van der Waals surface area (Å²) >= 11 is 13.5. The number of carbonyl (C=O) groups excluding carboxylic acids is 2. The van der Waals surface area contributed by atoms with Crippen LogP contribution < -0.4 is 10.6 Å². The van der Waals surface area contributed by atoms with Gasteiger partial charge < -0.3 is 10.6 Å². The molecule has 0 spiro atoms. The Balaban J connectivity index is 1.56. The van der Waals surface area contributed by atoms with Gasteiger partial charge in [0.2, 0.25) is 5.91 Å². The summed E-state index contributed by atoms with van der Waals surface area (Å²) in [6, 6.07) is 14.7. The lowest BCUT2D eigenvalue weighted by atomic mass is 10.2. The lowest BCUT2D eigenvalue weighted by molar-refractivity contribution is -0.120. The first-order valence-corrected chi connectivity index (χ1v) is 9.08. The van der Waals surface area contributed by atoms with Gasteiger partial charge in [0.15, 0.2) is 0 Å². The maximum absolute atomic E-state index is 12.3. The molecule has 7 heteroatoms. The van der Waals surface area contributed by atoms with Gasteiger partial charge in [-0.05, 0) is 23.8 Å². The fourth-order valence-electron chi connectivity index (χ4n) is 2.31. The van der Waals surface area contributed by atoms with Gasteiger partial charge in [0.05, 0.1) is 11.6 Å². The van der Waals surface area contributed by atoms with E-state index in [4.69, 9.17) is 23.2 Å². The van der Waals surface area contributed by atoms with Crippen molar-refractivity contribution in [2.24, 2.45) is 0 Å². The number of thiophene rings is 1. The molecule has 0 radical (unpaired) electrons. The molecule has 0 aliphatic heterocycles. The number of rotatable bonds is 5. The first-order chi connectivity index (χ1) is 12.0. The lowest BCUT2D eigenvalue weighted by Crippen LogP contribution is -2.36. The van der Waals surface area contributed by atoms with Gasteiger partial charge in [-0.3, -0.25) is 9.59 Å². The van der Waals surface area contributed by atoms with Crippen molar-refractivity contribution in [2.75, 3.05) is 6.54 Å². The molecule has 2 aromatic carbocycles. The van der Waals surface area contributed by atoms with Crippen molar-refractivity contribution in [1.82, 2.24) is 10.6 Å². The fraction of sp³-hybridized carbons (Fsp3) is 0.111. The second kappa shape index (κ2) is 7.87. The van der Waals surface area contributed by atoms with Crippen LogP contribution in [0.4, 0.5) is 0 Å². The minimum Gasteiger partial charge on any atom is -0.350 e. The van der Waals surface area contributed by atoms with Crippen LogP contribution in [0.2, 0.25) is 10.0 Å². The SMILES string of the molecule is O=C(CNC(=O)c1sc2ccccc2c1Cl)NCc1cccc(Cl)c1. The van der Waals surface area contributed by atoms with Crippen LogP contribution in [0.5, 0.6) is 0 Å². The number of amides is 2. The van der Waals surface area contributed by atoms with Gasteiger partial charge in [0.1, 0.15) is 4.88 Å². The predicted octanol–water partition coefficient (Wildman–Crippen LogP) is 4.25. The van der Waals surface area contributed by atoms with Gasteiger partial charge in [-0.15, -0.1) is 11.3 Å². The summed E-state index contributed by atoms with van der Waals surface area (Å²) in [6.45, 7) is 0.225. The van der Waals surface area contributed by atoms with Crippen molar-refractivity contribution in [1.29, 1.82) is 0 Å². The van der Waals surface area contributed by atoms with E-state index in [1.54, 1.807) is 12.1 Å². The fourth-order valence-corrected chi connectivity index (χ4v) is 3.96. The standard InChI is InChI=1S/C18H14Cl2N2O2S/c19-12-5-3-4-11(8-12)9-21-15(23)10-22-18(24)17-16(20)13-6-1-2-7-14(13)25-17/h1-8H,9-10H2,(H,21,23)(H,22,24). The zero-order valence-corrected chi connectivity index (χ0v) is 15.3. The molecular formula is C18H14Cl2N2O2S. The number of hydrogen-bond donors (Lipinski definition) is 2. The van der Waals surface area contributed by atoms with E-state index in [1.807, 2.05) is 36.4 Å². The van der Waals surface area contributed by atoms with Gasteiger partial charge in [0, 0.05) is 21.7 Å². The molecule has 1 aromatic heterocycles. The Labute approximate surface area is 158 Å². The van der Waals surface area contributed by atoms with Gasteiger partial charge >= 0.3 is 0 Å². The summed E-state index contributed by atoms with van der Waals surface area (Å²) in [5, 5.41) is 7.19. The van der Waals surface area contributed by atoms with Crippen LogP contribution in [0.25, 0.3) is 10.1 Å². The molecule has 0 unspecified atom stereocenters. The first kappa shape index (κ1) is 17.7. The lowest BCUT2D eigenvalue weighted by Gasteiger charge is -2.07. The zero-order chi connectivity index (χ0) is 17.8. The van der Waals surface area contributed by atoms with Gasteiger partial charge in [0.25, 0.3) is 5.91 Å². The molecule has 4 nitrogen and oxygen atoms in total. The highest BCUT2D eigenvalue weighted by Gasteiger charge is 2.17. The molecule has 0 saturated heterocycles. The molecule has 0 aliphatic rings. The molecule has 1 heterocycles. The maximum Gasteiger partial charge on any atom is 0.263 e. The molecule has 3 rings (SSSR count). The highest BCUT2D eigenvalue weighted by molar-refractivity contribution is 7.21. The predicted molar refractivity (Wildman–Crippen MR) is 102 cm³/mol. The molecule has 0 aliphatic carbocycles. The number of carbonyl (C=O) groups is 2. The summed E-state index contributed by atoms with van der Waals surface area (Å²) < 4.78 is 0.933. The van der Waals surface area contributed by atoms with Crippen molar-refractivity contribution in [2.45, 2.75) is 6.54 Å². The summed E-state index contributed by atoms with van der Waals surface area (Å²) in [6.07, 6.45) is 0. The third kappa shape index (κ3) is 4.31. The van der Waals surface area contributed by atoms with Crippen LogP contribution in [0.1, 0.15) is 15.2 Å². The summed E-state index contributed by atoms with van der Waals surface area (Å²) in [4.78, 5) is 24.6.